The predicted molar refractivity (Wildman–Crippen MR) is 114 cm³/mol. The Balaban J connectivity index is 2.64. The molecule has 0 bridgehead atoms. The molecule has 0 saturated heterocycles. The predicted octanol–water partition coefficient (Wildman–Crippen LogP) is 4.68. The number of ether oxygens (including phenoxy) is 2. The average molecular weight is 456 g/mol. The van der Waals surface area contributed by atoms with Crippen molar-refractivity contribution in [3.63, 3.8) is 0 Å². The largest absolute Gasteiger partial charge is 0.496 e. The Kier molecular flexibility index (Phi) is 8.14. The number of thioether (sulfide) groups is 1. The number of hydrogen-bond acceptors (Lipinski definition) is 8. The minimum atomic E-state index is -4.62. The van der Waals surface area contributed by atoms with Crippen molar-refractivity contribution in [1.29, 1.82) is 0 Å². The summed E-state index contributed by atoms with van der Waals surface area (Å²) < 4.78 is 50.1. The van der Waals surface area contributed by atoms with Gasteiger partial charge in [-0.25, -0.2) is 14.8 Å². The quantitative estimate of drug-likeness (QED) is 0.349. The topological polar surface area (TPSA) is 76.6 Å². The van der Waals surface area contributed by atoms with Crippen molar-refractivity contribution in [2.24, 2.45) is 0 Å². The molecule has 0 amide bonds. The van der Waals surface area contributed by atoms with Gasteiger partial charge in [-0.15, -0.1) is 0 Å². The Morgan fingerprint density at radius 2 is 2.00 bits per heavy atom. The highest BCUT2D eigenvalue weighted by Crippen LogP contribution is 2.38. The zero-order chi connectivity index (χ0) is 23.2. The van der Waals surface area contributed by atoms with Crippen LogP contribution in [0.25, 0.3) is 6.08 Å². The van der Waals surface area contributed by atoms with Crippen LogP contribution >= 0.6 is 11.8 Å². The van der Waals surface area contributed by atoms with Crippen LogP contribution in [-0.4, -0.2) is 54.9 Å². The zero-order valence-electron chi connectivity index (χ0n) is 17.7. The van der Waals surface area contributed by atoms with Gasteiger partial charge in [-0.2, -0.15) is 13.2 Å². The molecule has 31 heavy (non-hydrogen) atoms. The van der Waals surface area contributed by atoms with Crippen molar-refractivity contribution in [2.75, 3.05) is 39.4 Å². The summed E-state index contributed by atoms with van der Waals surface area (Å²) in [4.78, 5) is 23.0. The van der Waals surface area contributed by atoms with Gasteiger partial charge >= 0.3 is 12.1 Å². The van der Waals surface area contributed by atoms with Crippen LogP contribution in [0.4, 0.5) is 24.7 Å². The Morgan fingerprint density at radius 1 is 1.29 bits per heavy atom. The number of carbonyl (C=O) groups is 1. The molecule has 0 radical (unpaired) electrons. The summed E-state index contributed by atoms with van der Waals surface area (Å²) in [6, 6.07) is 3.49. The molecule has 1 aromatic heterocycles. The van der Waals surface area contributed by atoms with Gasteiger partial charge < -0.3 is 19.7 Å². The number of carbonyl (C=O) groups excluding carboxylic acids is 1. The van der Waals surface area contributed by atoms with E-state index in [0.717, 1.165) is 13.2 Å². The van der Waals surface area contributed by atoms with Crippen LogP contribution in [0.3, 0.4) is 0 Å². The molecule has 0 aliphatic heterocycles. The lowest BCUT2D eigenvalue weighted by Crippen LogP contribution is -2.14. The summed E-state index contributed by atoms with van der Waals surface area (Å²) in [5, 5.41) is 3.14. The number of benzene rings is 1. The van der Waals surface area contributed by atoms with Crippen LogP contribution in [0.5, 0.6) is 5.75 Å². The summed E-state index contributed by atoms with van der Waals surface area (Å²) in [7, 11) is 4.76. The third-order valence-electron chi connectivity index (χ3n) is 3.88. The molecule has 1 aromatic carbocycles. The Morgan fingerprint density at radius 3 is 2.55 bits per heavy atom. The first-order valence-corrected chi connectivity index (χ1v) is 10.3. The standard InChI is InChI=1S/C20H23F3N4O3S/c1-6-30-18(28)16-14(9-10-27(2)3)25-19(31-5)26-17(16)24-12-7-8-15(29-4)13(11-12)20(21,22)23/h7-11H,6H2,1-5H3,(H,24,25,26)/b10-9+. The fourth-order valence-corrected chi connectivity index (χ4v) is 2.90. The van der Waals surface area contributed by atoms with Crippen molar-refractivity contribution in [2.45, 2.75) is 18.3 Å². The second kappa shape index (κ2) is 10.4. The number of halogens is 3. The molecular weight excluding hydrogens is 433 g/mol. The first kappa shape index (κ1) is 24.3. The third kappa shape index (κ3) is 6.27. The summed E-state index contributed by atoms with van der Waals surface area (Å²) in [6.07, 6.45) is 0.419. The van der Waals surface area contributed by atoms with Crippen molar-refractivity contribution >= 4 is 35.3 Å². The van der Waals surface area contributed by atoms with E-state index in [2.05, 4.69) is 15.3 Å². The number of rotatable bonds is 8. The molecule has 2 aromatic rings. The maximum atomic E-state index is 13.4. The maximum absolute atomic E-state index is 13.4. The van der Waals surface area contributed by atoms with Crippen LogP contribution in [0.15, 0.2) is 29.6 Å². The Labute approximate surface area is 182 Å². The fourth-order valence-electron chi connectivity index (χ4n) is 2.53. The van der Waals surface area contributed by atoms with Gasteiger partial charge in [0.1, 0.15) is 17.1 Å². The molecule has 168 valence electrons. The van der Waals surface area contributed by atoms with Gasteiger partial charge in [0.25, 0.3) is 0 Å². The third-order valence-corrected chi connectivity index (χ3v) is 4.42. The van der Waals surface area contributed by atoms with Gasteiger partial charge in [-0.05, 0) is 37.5 Å². The molecule has 0 aliphatic rings. The summed E-state index contributed by atoms with van der Waals surface area (Å²) >= 11 is 1.23. The smallest absolute Gasteiger partial charge is 0.420 e. The van der Waals surface area contributed by atoms with Crippen molar-refractivity contribution in [3.8, 4) is 5.75 Å². The maximum Gasteiger partial charge on any atom is 0.420 e. The molecule has 1 heterocycles. The van der Waals surface area contributed by atoms with Gasteiger partial charge in [0.2, 0.25) is 0 Å². The molecule has 0 fully saturated rings. The van der Waals surface area contributed by atoms with Crippen LogP contribution in [-0.2, 0) is 10.9 Å². The molecule has 0 saturated carbocycles. The average Bonchev–Trinajstić information content (AvgIpc) is 2.71. The van der Waals surface area contributed by atoms with Gasteiger partial charge in [0.05, 0.1) is 25.0 Å². The van der Waals surface area contributed by atoms with E-state index in [1.54, 1.807) is 44.5 Å². The minimum absolute atomic E-state index is 0.0159. The van der Waals surface area contributed by atoms with E-state index >= 15 is 0 Å². The lowest BCUT2D eigenvalue weighted by Gasteiger charge is -2.17. The fraction of sp³-hybridized carbons (Fsp3) is 0.350. The molecule has 2 rings (SSSR count). The molecule has 0 atom stereocenters. The van der Waals surface area contributed by atoms with E-state index in [4.69, 9.17) is 9.47 Å². The normalized spacial score (nSPS) is 11.5. The van der Waals surface area contributed by atoms with E-state index in [9.17, 15) is 18.0 Å². The van der Waals surface area contributed by atoms with E-state index in [1.165, 1.54) is 23.9 Å². The van der Waals surface area contributed by atoms with Crippen molar-refractivity contribution < 1.29 is 27.4 Å². The number of nitrogens with one attached hydrogen (secondary N) is 1. The number of esters is 1. The zero-order valence-corrected chi connectivity index (χ0v) is 18.5. The van der Waals surface area contributed by atoms with Crippen molar-refractivity contribution in [3.05, 3.63) is 41.2 Å². The minimum Gasteiger partial charge on any atom is -0.496 e. The Hall–Kier alpha value is -2.95. The molecule has 0 spiro atoms. The summed E-state index contributed by atoms with van der Waals surface area (Å²) in [6.45, 7) is 1.76. The summed E-state index contributed by atoms with van der Waals surface area (Å²) in [5.41, 5.74) is -0.586. The number of aromatic nitrogens is 2. The number of anilines is 2. The lowest BCUT2D eigenvalue weighted by molar-refractivity contribution is -0.138. The molecule has 1 N–H and O–H groups in total. The second-order valence-electron chi connectivity index (χ2n) is 6.36. The molecule has 0 aliphatic carbocycles. The highest BCUT2D eigenvalue weighted by atomic mass is 32.2. The second-order valence-corrected chi connectivity index (χ2v) is 7.13. The van der Waals surface area contributed by atoms with Gasteiger partial charge in [0.15, 0.2) is 5.16 Å². The number of methoxy groups -OCH3 is 1. The lowest BCUT2D eigenvalue weighted by atomic mass is 10.1. The number of hydrogen-bond donors (Lipinski definition) is 1. The van der Waals surface area contributed by atoms with E-state index in [-0.39, 0.29) is 35.1 Å². The Bertz CT molecular complexity index is 965. The highest BCUT2D eigenvalue weighted by Gasteiger charge is 2.34. The number of alkyl halides is 3. The first-order valence-electron chi connectivity index (χ1n) is 9.10. The van der Waals surface area contributed by atoms with Crippen LogP contribution in [0.2, 0.25) is 0 Å². The highest BCUT2D eigenvalue weighted by molar-refractivity contribution is 7.98. The molecule has 7 nitrogen and oxygen atoms in total. The van der Waals surface area contributed by atoms with Crippen LogP contribution in [0, 0.1) is 0 Å². The SMILES string of the molecule is CCOC(=O)c1c(/C=C/N(C)C)nc(SC)nc1Nc1ccc(OC)c(C(F)(F)F)c1. The van der Waals surface area contributed by atoms with Gasteiger partial charge in [-0.1, -0.05) is 11.8 Å². The van der Waals surface area contributed by atoms with E-state index in [1.807, 2.05) is 0 Å². The van der Waals surface area contributed by atoms with E-state index in [0.29, 0.717) is 5.16 Å². The number of nitrogens with zero attached hydrogens (tertiary/aromatic N) is 3. The summed E-state index contributed by atoms with van der Waals surface area (Å²) in [5.74, 6) is -0.971. The van der Waals surface area contributed by atoms with E-state index < -0.39 is 17.7 Å². The molecule has 11 heteroatoms. The van der Waals surface area contributed by atoms with Gasteiger partial charge in [-0.3, -0.25) is 0 Å². The molecule has 0 unspecified atom stereocenters. The molecular formula is C20H23F3N4O3S. The monoisotopic (exact) mass is 456 g/mol. The first-order chi connectivity index (χ1) is 14.6. The van der Waals surface area contributed by atoms with Crippen LogP contribution < -0.4 is 10.1 Å². The van der Waals surface area contributed by atoms with Crippen molar-refractivity contribution in [1.82, 2.24) is 14.9 Å². The van der Waals surface area contributed by atoms with Crippen LogP contribution in [0.1, 0.15) is 28.5 Å². The van der Waals surface area contributed by atoms with Gasteiger partial charge in [0, 0.05) is 26.0 Å².